The lowest BCUT2D eigenvalue weighted by atomic mass is 10.1. The zero-order valence-electron chi connectivity index (χ0n) is 11.4. The highest BCUT2D eigenvalue weighted by Crippen LogP contribution is 2.33. The summed E-state index contributed by atoms with van der Waals surface area (Å²) in [6, 6.07) is 13.1. The van der Waals surface area contributed by atoms with E-state index < -0.39 is 6.04 Å². The van der Waals surface area contributed by atoms with Gasteiger partial charge in [-0.1, -0.05) is 29.8 Å². The van der Waals surface area contributed by atoms with Crippen LogP contribution in [-0.4, -0.2) is 24.2 Å². The second kappa shape index (κ2) is 4.68. The molecule has 4 rings (SSSR count). The van der Waals surface area contributed by atoms with Gasteiger partial charge in [-0.05, 0) is 24.3 Å². The molecular weight excluding hydrogens is 302 g/mol. The number of benzene rings is 2. The van der Waals surface area contributed by atoms with Crippen LogP contribution >= 0.6 is 11.6 Å². The van der Waals surface area contributed by atoms with Crippen LogP contribution in [0, 0.1) is 0 Å². The molecule has 1 fully saturated rings. The summed E-state index contributed by atoms with van der Waals surface area (Å²) < 4.78 is 0. The second-order valence-electron chi connectivity index (χ2n) is 5.08. The number of anilines is 2. The number of hydrogen-bond donors (Lipinski definition) is 1. The third-order valence-corrected chi connectivity index (χ3v) is 4.01. The molecule has 0 saturated carbocycles. The number of urea groups is 1. The fourth-order valence-corrected chi connectivity index (χ4v) is 2.97. The Hall–Kier alpha value is -2.66. The van der Waals surface area contributed by atoms with E-state index in [1.807, 2.05) is 24.3 Å². The minimum absolute atomic E-state index is 0.297. The molecule has 0 spiro atoms. The Morgan fingerprint density at radius 1 is 1.05 bits per heavy atom. The summed E-state index contributed by atoms with van der Waals surface area (Å²) >= 11 is 5.97. The quantitative estimate of drug-likeness (QED) is 0.811. The van der Waals surface area contributed by atoms with E-state index >= 15 is 0 Å². The SMILES string of the molecule is O=C1C2C=[NH+]c3ccccc3N2C(=O)N1c1cccc(Cl)c1. The van der Waals surface area contributed by atoms with Gasteiger partial charge < -0.3 is 0 Å². The van der Waals surface area contributed by atoms with Crippen molar-refractivity contribution >= 4 is 46.8 Å². The van der Waals surface area contributed by atoms with Gasteiger partial charge in [-0.3, -0.25) is 9.69 Å². The molecule has 0 bridgehead atoms. The number of nitrogens with zero attached hydrogens (tertiary/aromatic N) is 2. The number of nitrogens with one attached hydrogen (secondary N) is 1. The summed E-state index contributed by atoms with van der Waals surface area (Å²) in [5.41, 5.74) is 1.97. The molecule has 2 heterocycles. The number of para-hydroxylation sites is 2. The maximum atomic E-state index is 12.8. The van der Waals surface area contributed by atoms with Crippen molar-refractivity contribution in [2.45, 2.75) is 6.04 Å². The molecule has 1 atom stereocenters. The van der Waals surface area contributed by atoms with Crippen molar-refractivity contribution in [1.82, 2.24) is 0 Å². The average molecular weight is 313 g/mol. The zero-order chi connectivity index (χ0) is 15.3. The smallest absolute Gasteiger partial charge is 0.271 e. The standard InChI is InChI=1S/C16H10ClN3O2/c17-10-4-3-5-11(8-10)19-15(21)14-9-18-12-6-1-2-7-13(12)20(14)16(19)22/h1-9,14H/p+1. The number of hydrogen-bond acceptors (Lipinski definition) is 2. The highest BCUT2D eigenvalue weighted by molar-refractivity contribution is 6.34. The van der Waals surface area contributed by atoms with Crippen LogP contribution in [0.2, 0.25) is 5.02 Å². The number of imide groups is 1. The van der Waals surface area contributed by atoms with Gasteiger partial charge in [0.2, 0.25) is 5.69 Å². The molecule has 1 N–H and O–H groups in total. The Balaban J connectivity index is 1.83. The maximum Gasteiger partial charge on any atom is 0.337 e. The molecule has 5 nitrogen and oxygen atoms in total. The Labute approximate surface area is 131 Å². The first-order valence-corrected chi connectivity index (χ1v) is 7.16. The van der Waals surface area contributed by atoms with Crippen LogP contribution in [0.25, 0.3) is 0 Å². The van der Waals surface area contributed by atoms with Gasteiger partial charge in [0.25, 0.3) is 5.91 Å². The fraction of sp³-hybridized carbons (Fsp3) is 0.0625. The summed E-state index contributed by atoms with van der Waals surface area (Å²) in [6.45, 7) is 0. The monoisotopic (exact) mass is 312 g/mol. The van der Waals surface area contributed by atoms with Crippen LogP contribution in [0.3, 0.4) is 0 Å². The van der Waals surface area contributed by atoms with E-state index in [-0.39, 0.29) is 11.9 Å². The molecule has 3 amide bonds. The van der Waals surface area contributed by atoms with Crippen molar-refractivity contribution in [2.75, 3.05) is 9.80 Å². The summed E-state index contributed by atoms with van der Waals surface area (Å²) in [5.74, 6) is -0.297. The number of halogens is 1. The van der Waals surface area contributed by atoms with Crippen LogP contribution in [-0.2, 0) is 4.79 Å². The molecule has 0 radical (unpaired) electrons. The highest BCUT2D eigenvalue weighted by atomic mass is 35.5. The molecular formula is C16H11ClN3O2+. The van der Waals surface area contributed by atoms with Crippen molar-refractivity contribution in [3.05, 3.63) is 53.6 Å². The number of carbonyl (C=O) groups excluding carboxylic acids is 2. The molecule has 2 aromatic carbocycles. The van der Waals surface area contributed by atoms with Crippen molar-refractivity contribution in [2.24, 2.45) is 0 Å². The second-order valence-corrected chi connectivity index (χ2v) is 5.52. The van der Waals surface area contributed by atoms with E-state index in [9.17, 15) is 9.59 Å². The topological polar surface area (TPSA) is 54.6 Å². The molecule has 1 saturated heterocycles. The predicted molar refractivity (Wildman–Crippen MR) is 83.7 cm³/mol. The Morgan fingerprint density at radius 3 is 2.68 bits per heavy atom. The number of amides is 3. The van der Waals surface area contributed by atoms with Crippen LogP contribution in [0.5, 0.6) is 0 Å². The van der Waals surface area contributed by atoms with E-state index in [2.05, 4.69) is 4.99 Å². The summed E-state index contributed by atoms with van der Waals surface area (Å²) in [6.07, 6.45) is 1.63. The first-order valence-electron chi connectivity index (χ1n) is 6.78. The van der Waals surface area contributed by atoms with E-state index in [0.29, 0.717) is 16.4 Å². The van der Waals surface area contributed by atoms with Crippen LogP contribution in [0.15, 0.2) is 48.5 Å². The lowest BCUT2D eigenvalue weighted by Crippen LogP contribution is -2.69. The van der Waals surface area contributed by atoms with Gasteiger partial charge in [-0.25, -0.2) is 14.7 Å². The third-order valence-electron chi connectivity index (χ3n) is 3.78. The van der Waals surface area contributed by atoms with Crippen molar-refractivity contribution in [3.8, 4) is 0 Å². The fourth-order valence-electron chi connectivity index (χ4n) is 2.79. The lowest BCUT2D eigenvalue weighted by molar-refractivity contribution is -0.350. The molecule has 1 unspecified atom stereocenters. The van der Waals surface area contributed by atoms with Crippen molar-refractivity contribution < 1.29 is 14.6 Å². The van der Waals surface area contributed by atoms with Gasteiger partial charge in [0.05, 0.1) is 5.69 Å². The van der Waals surface area contributed by atoms with Gasteiger partial charge in [0.1, 0.15) is 5.69 Å². The van der Waals surface area contributed by atoms with Crippen LogP contribution < -0.4 is 14.8 Å². The van der Waals surface area contributed by atoms with E-state index in [1.165, 1.54) is 4.90 Å². The summed E-state index contributed by atoms with van der Waals surface area (Å²) in [7, 11) is 0. The van der Waals surface area contributed by atoms with E-state index in [4.69, 9.17) is 11.6 Å². The molecule has 108 valence electrons. The Bertz CT molecular complexity index is 834. The molecule has 0 aliphatic carbocycles. The summed E-state index contributed by atoms with van der Waals surface area (Å²) in [5, 5.41) is 0.477. The molecule has 22 heavy (non-hydrogen) atoms. The predicted octanol–water partition coefficient (Wildman–Crippen LogP) is 1.48. The van der Waals surface area contributed by atoms with Gasteiger partial charge in [-0.2, -0.15) is 0 Å². The number of carbonyl (C=O) groups is 2. The minimum Gasteiger partial charge on any atom is -0.271 e. The van der Waals surface area contributed by atoms with Crippen LogP contribution in [0.4, 0.5) is 21.9 Å². The molecule has 0 aromatic heterocycles. The van der Waals surface area contributed by atoms with Crippen molar-refractivity contribution in [3.63, 3.8) is 0 Å². The Kier molecular flexibility index (Phi) is 2.77. The largest absolute Gasteiger partial charge is 0.337 e. The maximum absolute atomic E-state index is 12.8. The first-order chi connectivity index (χ1) is 10.7. The Morgan fingerprint density at radius 2 is 1.86 bits per heavy atom. The first kappa shape index (κ1) is 13.0. The third kappa shape index (κ3) is 1.76. The summed E-state index contributed by atoms with van der Waals surface area (Å²) in [4.78, 5) is 31.1. The highest BCUT2D eigenvalue weighted by Gasteiger charge is 2.50. The number of rotatable bonds is 1. The molecule has 2 aliphatic rings. The number of fused-ring (bicyclic) bond motifs is 3. The van der Waals surface area contributed by atoms with Gasteiger partial charge in [0, 0.05) is 11.1 Å². The lowest BCUT2D eigenvalue weighted by Gasteiger charge is -2.20. The zero-order valence-corrected chi connectivity index (χ0v) is 12.1. The van der Waals surface area contributed by atoms with E-state index in [1.54, 1.807) is 30.5 Å². The normalized spacial score (nSPS) is 19.4. The van der Waals surface area contributed by atoms with Crippen LogP contribution in [0.1, 0.15) is 0 Å². The molecule has 2 aliphatic heterocycles. The minimum atomic E-state index is -0.651. The average Bonchev–Trinajstić information content (AvgIpc) is 2.79. The van der Waals surface area contributed by atoms with E-state index in [0.717, 1.165) is 10.6 Å². The van der Waals surface area contributed by atoms with Gasteiger partial charge >= 0.3 is 6.03 Å². The van der Waals surface area contributed by atoms with Gasteiger partial charge in [-0.15, -0.1) is 0 Å². The van der Waals surface area contributed by atoms with Gasteiger partial charge in [0.15, 0.2) is 12.3 Å². The van der Waals surface area contributed by atoms with Crippen molar-refractivity contribution in [1.29, 1.82) is 0 Å². The molecule has 2 aromatic rings. The molecule has 6 heteroatoms.